The van der Waals surface area contributed by atoms with Crippen molar-refractivity contribution in [1.29, 1.82) is 0 Å². The molecular formula is C6H8F3NO3S2. The Hall–Kier alpha value is -0.570. The molecule has 0 aliphatic carbocycles. The number of hydrogen-bond donors (Lipinski definition) is 2. The molecular weight excluding hydrogens is 255 g/mol. The van der Waals surface area contributed by atoms with Gasteiger partial charge in [0.25, 0.3) is 0 Å². The second kappa shape index (κ2) is 6.11. The first-order chi connectivity index (χ1) is 6.79. The molecule has 0 aliphatic heterocycles. The van der Waals surface area contributed by atoms with E-state index in [1.807, 2.05) is 0 Å². The Bertz CT molecular complexity index is 246. The fourth-order valence-electron chi connectivity index (χ4n) is 0.551. The number of amides is 1. The van der Waals surface area contributed by atoms with E-state index in [4.69, 9.17) is 5.11 Å². The fourth-order valence-corrected chi connectivity index (χ4v) is 1.87. The van der Waals surface area contributed by atoms with E-state index in [1.54, 1.807) is 6.26 Å². The minimum atomic E-state index is -5.06. The lowest BCUT2D eigenvalue weighted by molar-refractivity contribution is -0.175. The van der Waals surface area contributed by atoms with Gasteiger partial charge in [0, 0.05) is 5.75 Å². The molecule has 0 saturated heterocycles. The van der Waals surface area contributed by atoms with Crippen LogP contribution >= 0.6 is 21.6 Å². The first-order valence-electron chi connectivity index (χ1n) is 3.55. The molecule has 0 rings (SSSR count). The highest BCUT2D eigenvalue weighted by Crippen LogP contribution is 2.19. The summed E-state index contributed by atoms with van der Waals surface area (Å²) in [5.74, 6) is -3.86. The van der Waals surface area contributed by atoms with Gasteiger partial charge in [-0.25, -0.2) is 4.79 Å². The first-order valence-corrected chi connectivity index (χ1v) is 6.28. The van der Waals surface area contributed by atoms with Gasteiger partial charge in [-0.1, -0.05) is 21.6 Å². The highest BCUT2D eigenvalue weighted by Gasteiger charge is 2.40. The standard InChI is InChI=1S/C6H8F3NO3S2/c1-14-15-2-3(4(11)12)10-5(13)6(7,8)9/h3H,2H2,1H3,(H,10,13)(H,11,12)/t3-/m0/s1. The predicted molar refractivity (Wildman–Crippen MR) is 51.6 cm³/mol. The average molecular weight is 263 g/mol. The van der Waals surface area contributed by atoms with Gasteiger partial charge < -0.3 is 10.4 Å². The predicted octanol–water partition coefficient (Wildman–Crippen LogP) is 1.13. The molecule has 2 N–H and O–H groups in total. The van der Waals surface area contributed by atoms with E-state index >= 15 is 0 Å². The number of nitrogens with one attached hydrogen (secondary N) is 1. The molecule has 88 valence electrons. The number of carbonyl (C=O) groups is 2. The van der Waals surface area contributed by atoms with Crippen molar-refractivity contribution in [3.8, 4) is 0 Å². The monoisotopic (exact) mass is 263 g/mol. The van der Waals surface area contributed by atoms with Crippen LogP contribution in [0, 0.1) is 0 Å². The zero-order chi connectivity index (χ0) is 12.1. The summed E-state index contributed by atoms with van der Waals surface area (Å²) in [6.45, 7) is 0. The van der Waals surface area contributed by atoms with Crippen molar-refractivity contribution in [2.24, 2.45) is 0 Å². The maximum absolute atomic E-state index is 11.8. The van der Waals surface area contributed by atoms with Crippen LogP contribution in [0.25, 0.3) is 0 Å². The Morgan fingerprint density at radius 1 is 1.47 bits per heavy atom. The maximum Gasteiger partial charge on any atom is 0.471 e. The Kier molecular flexibility index (Phi) is 5.88. The zero-order valence-corrected chi connectivity index (χ0v) is 9.13. The van der Waals surface area contributed by atoms with Crippen LogP contribution in [-0.4, -0.2) is 41.2 Å². The molecule has 0 spiro atoms. The summed E-state index contributed by atoms with van der Waals surface area (Å²) < 4.78 is 35.3. The molecule has 1 atom stereocenters. The third-order valence-corrected chi connectivity index (χ3v) is 3.03. The van der Waals surface area contributed by atoms with Gasteiger partial charge in [-0.2, -0.15) is 13.2 Å². The quantitative estimate of drug-likeness (QED) is 0.728. The largest absolute Gasteiger partial charge is 0.480 e. The summed E-state index contributed by atoms with van der Waals surface area (Å²) in [5, 5.41) is 9.90. The third-order valence-electron chi connectivity index (χ3n) is 1.21. The Balaban J connectivity index is 4.29. The molecule has 15 heavy (non-hydrogen) atoms. The van der Waals surface area contributed by atoms with Gasteiger partial charge in [0.15, 0.2) is 0 Å². The third kappa shape index (κ3) is 5.78. The fraction of sp³-hybridized carbons (Fsp3) is 0.667. The molecule has 0 unspecified atom stereocenters. The van der Waals surface area contributed by atoms with Crippen molar-refractivity contribution < 1.29 is 27.9 Å². The smallest absolute Gasteiger partial charge is 0.471 e. The topological polar surface area (TPSA) is 66.4 Å². The SMILES string of the molecule is CSSC[C@H](NC(=O)C(F)(F)F)C(=O)O. The second-order valence-corrected chi connectivity index (χ2v) is 4.92. The van der Waals surface area contributed by atoms with Gasteiger partial charge in [0.1, 0.15) is 6.04 Å². The van der Waals surface area contributed by atoms with Crippen LogP contribution < -0.4 is 5.32 Å². The lowest BCUT2D eigenvalue weighted by Gasteiger charge is -2.14. The minimum absolute atomic E-state index is 0.127. The van der Waals surface area contributed by atoms with Crippen molar-refractivity contribution in [3.05, 3.63) is 0 Å². The number of carbonyl (C=O) groups excluding carboxylic acids is 1. The van der Waals surface area contributed by atoms with Crippen LogP contribution in [0.15, 0.2) is 0 Å². The van der Waals surface area contributed by atoms with E-state index in [1.165, 1.54) is 16.1 Å². The van der Waals surface area contributed by atoms with Crippen LogP contribution in [0.1, 0.15) is 0 Å². The van der Waals surface area contributed by atoms with Crippen molar-refractivity contribution >= 4 is 33.5 Å². The van der Waals surface area contributed by atoms with Crippen molar-refractivity contribution in [2.45, 2.75) is 12.2 Å². The summed E-state index contributed by atoms with van der Waals surface area (Å²) in [4.78, 5) is 20.9. The molecule has 0 fully saturated rings. The molecule has 4 nitrogen and oxygen atoms in total. The van der Waals surface area contributed by atoms with E-state index in [0.717, 1.165) is 10.8 Å². The average Bonchev–Trinajstić information content (AvgIpc) is 2.09. The van der Waals surface area contributed by atoms with Crippen LogP contribution in [-0.2, 0) is 9.59 Å². The van der Waals surface area contributed by atoms with Gasteiger partial charge in [-0.3, -0.25) is 4.79 Å². The van der Waals surface area contributed by atoms with E-state index in [9.17, 15) is 22.8 Å². The molecule has 0 radical (unpaired) electrons. The number of alkyl halides is 3. The summed E-state index contributed by atoms with van der Waals surface area (Å²) in [7, 11) is 2.25. The van der Waals surface area contributed by atoms with Crippen molar-refractivity contribution in [1.82, 2.24) is 5.32 Å². The summed E-state index contributed by atoms with van der Waals surface area (Å²) in [5.41, 5.74) is 0. The van der Waals surface area contributed by atoms with E-state index in [2.05, 4.69) is 0 Å². The van der Waals surface area contributed by atoms with E-state index in [-0.39, 0.29) is 5.75 Å². The molecule has 0 saturated carbocycles. The Labute approximate surface area is 91.4 Å². The minimum Gasteiger partial charge on any atom is -0.480 e. The Morgan fingerprint density at radius 2 is 2.00 bits per heavy atom. The molecule has 0 aromatic carbocycles. The summed E-state index contributed by atoms with van der Waals surface area (Å²) >= 11 is 0. The molecule has 0 aromatic rings. The molecule has 9 heteroatoms. The molecule has 0 heterocycles. The van der Waals surface area contributed by atoms with E-state index < -0.39 is 24.1 Å². The highest BCUT2D eigenvalue weighted by atomic mass is 33.1. The van der Waals surface area contributed by atoms with Gasteiger partial charge in [0.2, 0.25) is 0 Å². The number of aliphatic carboxylic acids is 1. The van der Waals surface area contributed by atoms with Crippen LogP contribution in [0.5, 0.6) is 0 Å². The van der Waals surface area contributed by atoms with Crippen molar-refractivity contribution in [3.63, 3.8) is 0 Å². The van der Waals surface area contributed by atoms with Gasteiger partial charge in [0.05, 0.1) is 0 Å². The van der Waals surface area contributed by atoms with Crippen molar-refractivity contribution in [2.75, 3.05) is 12.0 Å². The molecule has 0 aliphatic rings. The number of rotatable bonds is 5. The number of carboxylic acid groups (broad SMARTS) is 1. The molecule has 0 aromatic heterocycles. The number of hydrogen-bond acceptors (Lipinski definition) is 4. The first kappa shape index (κ1) is 14.4. The summed E-state index contributed by atoms with van der Waals surface area (Å²) in [6.07, 6.45) is -3.41. The van der Waals surface area contributed by atoms with Gasteiger partial charge in [-0.15, -0.1) is 0 Å². The van der Waals surface area contributed by atoms with E-state index in [0.29, 0.717) is 0 Å². The van der Waals surface area contributed by atoms with Crippen LogP contribution in [0.2, 0.25) is 0 Å². The lowest BCUT2D eigenvalue weighted by atomic mass is 10.3. The molecule has 1 amide bonds. The van der Waals surface area contributed by atoms with Gasteiger partial charge in [-0.05, 0) is 6.26 Å². The number of halogens is 3. The van der Waals surface area contributed by atoms with Crippen LogP contribution in [0.3, 0.4) is 0 Å². The maximum atomic E-state index is 11.8. The number of carboxylic acids is 1. The highest BCUT2D eigenvalue weighted by molar-refractivity contribution is 8.76. The lowest BCUT2D eigenvalue weighted by Crippen LogP contribution is -2.48. The molecule has 0 bridgehead atoms. The van der Waals surface area contributed by atoms with Gasteiger partial charge >= 0.3 is 18.1 Å². The Morgan fingerprint density at radius 3 is 2.33 bits per heavy atom. The summed E-state index contributed by atoms with van der Waals surface area (Å²) in [6, 6.07) is -1.53. The van der Waals surface area contributed by atoms with Crippen LogP contribution in [0.4, 0.5) is 13.2 Å². The zero-order valence-electron chi connectivity index (χ0n) is 7.50. The normalized spacial score (nSPS) is 13.3. The second-order valence-electron chi connectivity index (χ2n) is 2.31.